The van der Waals surface area contributed by atoms with E-state index in [0.717, 1.165) is 6.21 Å². The number of carbonyl (C=O) groups excluding carboxylic acids is 1. The number of ketones is 1. The summed E-state index contributed by atoms with van der Waals surface area (Å²) >= 11 is 5.63. The minimum Gasteiger partial charge on any atom is -0.361 e. The summed E-state index contributed by atoms with van der Waals surface area (Å²) in [6, 6.07) is 6.41. The Hall–Kier alpha value is -1.44. The molecule has 0 N–H and O–H groups in total. The Morgan fingerprint density at radius 3 is 2.92 bits per heavy atom. The van der Waals surface area contributed by atoms with Crippen LogP contribution in [0.3, 0.4) is 0 Å². The van der Waals surface area contributed by atoms with E-state index in [9.17, 15) is 4.79 Å². The molecule has 0 aliphatic carbocycles. The maximum atomic E-state index is 11.0. The summed E-state index contributed by atoms with van der Waals surface area (Å²) in [7, 11) is 0. The maximum Gasteiger partial charge on any atom is 0.328 e. The summed E-state index contributed by atoms with van der Waals surface area (Å²) in [5, 5.41) is 0.479. The number of carbonyl (C=O) groups is 1. The molecule has 0 saturated heterocycles. The quantitative estimate of drug-likeness (QED) is 0.297. The molecule has 60 valence electrons. The zero-order chi connectivity index (χ0) is 8.97. The second-order valence-corrected chi connectivity index (χ2v) is 2.56. The molecule has 12 heavy (non-hydrogen) atoms. The molecule has 0 saturated carbocycles. The highest BCUT2D eigenvalue weighted by atomic mass is 35.5. The Bertz CT molecular complexity index is 356. The SMILES string of the molecule is [N-]=[N+]=CC(=O)c1cccc(Cl)c1. The zero-order valence-corrected chi connectivity index (χ0v) is 6.82. The van der Waals surface area contributed by atoms with Crippen molar-refractivity contribution in [2.45, 2.75) is 0 Å². The van der Waals surface area contributed by atoms with E-state index in [1.165, 1.54) is 6.07 Å². The Balaban J connectivity index is 3.03. The van der Waals surface area contributed by atoms with E-state index in [2.05, 4.69) is 4.79 Å². The first-order valence-electron chi connectivity index (χ1n) is 3.21. The van der Waals surface area contributed by atoms with Crippen molar-refractivity contribution in [2.24, 2.45) is 0 Å². The Morgan fingerprint density at radius 1 is 1.58 bits per heavy atom. The summed E-state index contributed by atoms with van der Waals surface area (Å²) < 4.78 is 0. The van der Waals surface area contributed by atoms with Crippen molar-refractivity contribution >= 4 is 23.6 Å². The van der Waals surface area contributed by atoms with Crippen molar-refractivity contribution in [1.82, 2.24) is 0 Å². The normalized spacial score (nSPS) is 8.75. The van der Waals surface area contributed by atoms with Gasteiger partial charge in [0.2, 0.25) is 0 Å². The van der Waals surface area contributed by atoms with Crippen molar-refractivity contribution in [3.63, 3.8) is 0 Å². The van der Waals surface area contributed by atoms with Gasteiger partial charge in [-0.25, -0.2) is 0 Å². The van der Waals surface area contributed by atoms with E-state index in [-0.39, 0.29) is 5.78 Å². The highest BCUT2D eigenvalue weighted by Gasteiger charge is 2.05. The zero-order valence-electron chi connectivity index (χ0n) is 6.07. The molecule has 4 heteroatoms. The van der Waals surface area contributed by atoms with Gasteiger partial charge in [-0.3, -0.25) is 4.79 Å². The molecule has 0 fully saturated rings. The van der Waals surface area contributed by atoms with Crippen LogP contribution in [-0.4, -0.2) is 16.8 Å². The molecule has 0 heterocycles. The minimum absolute atomic E-state index is 0.375. The van der Waals surface area contributed by atoms with Crippen LogP contribution in [0.15, 0.2) is 24.3 Å². The number of halogens is 1. The molecule has 1 aromatic carbocycles. The standard InChI is InChI=1S/C8H5ClN2O/c9-7-3-1-2-6(4-7)8(12)5-11-10/h1-5H. The number of hydrogen-bond acceptors (Lipinski definition) is 1. The lowest BCUT2D eigenvalue weighted by Crippen LogP contribution is -1.99. The molecule has 1 aromatic rings. The number of nitrogens with zero attached hydrogens (tertiary/aromatic N) is 2. The highest BCUT2D eigenvalue weighted by Crippen LogP contribution is 2.10. The van der Waals surface area contributed by atoms with Gasteiger partial charge in [0.25, 0.3) is 5.78 Å². The fourth-order valence-electron chi connectivity index (χ4n) is 0.769. The van der Waals surface area contributed by atoms with Crippen LogP contribution >= 0.6 is 11.6 Å². The van der Waals surface area contributed by atoms with Crippen molar-refractivity contribution < 1.29 is 9.58 Å². The largest absolute Gasteiger partial charge is 0.361 e. The average Bonchev–Trinajstić information content (AvgIpc) is 2.05. The van der Waals surface area contributed by atoms with E-state index in [1.807, 2.05) is 0 Å². The predicted molar refractivity (Wildman–Crippen MR) is 45.5 cm³/mol. The first kappa shape index (κ1) is 8.65. The van der Waals surface area contributed by atoms with Gasteiger partial charge in [-0.1, -0.05) is 23.7 Å². The van der Waals surface area contributed by atoms with Crippen LogP contribution in [0.2, 0.25) is 5.02 Å². The van der Waals surface area contributed by atoms with Crippen molar-refractivity contribution in [3.8, 4) is 0 Å². The van der Waals surface area contributed by atoms with E-state index in [0.29, 0.717) is 10.6 Å². The van der Waals surface area contributed by atoms with Gasteiger partial charge < -0.3 is 5.53 Å². The summed E-state index contributed by atoms with van der Waals surface area (Å²) in [4.78, 5) is 13.7. The van der Waals surface area contributed by atoms with Crippen molar-refractivity contribution in [3.05, 3.63) is 40.4 Å². The fraction of sp³-hybridized carbons (Fsp3) is 0. The highest BCUT2D eigenvalue weighted by molar-refractivity contribution is 6.35. The van der Waals surface area contributed by atoms with Gasteiger partial charge in [-0.2, -0.15) is 4.79 Å². The summed E-state index contributed by atoms with van der Waals surface area (Å²) in [5.74, 6) is -0.375. The van der Waals surface area contributed by atoms with Crippen LogP contribution in [0.1, 0.15) is 10.4 Å². The lowest BCUT2D eigenvalue weighted by molar-refractivity contribution is 0.00235. The van der Waals surface area contributed by atoms with Crippen LogP contribution < -0.4 is 0 Å². The Labute approximate surface area is 74.2 Å². The van der Waals surface area contributed by atoms with Crippen LogP contribution in [0.4, 0.5) is 0 Å². The number of hydrogen-bond donors (Lipinski definition) is 0. The number of benzene rings is 1. The molecular weight excluding hydrogens is 176 g/mol. The first-order chi connectivity index (χ1) is 5.74. The van der Waals surface area contributed by atoms with Crippen LogP contribution in [0.5, 0.6) is 0 Å². The molecule has 0 unspecified atom stereocenters. The predicted octanol–water partition coefficient (Wildman–Crippen LogP) is 1.82. The van der Waals surface area contributed by atoms with E-state index in [1.54, 1.807) is 18.2 Å². The Kier molecular flexibility index (Phi) is 2.75. The van der Waals surface area contributed by atoms with Gasteiger partial charge in [0, 0.05) is 10.6 Å². The smallest absolute Gasteiger partial charge is 0.328 e. The third-order valence-corrected chi connectivity index (χ3v) is 1.52. The molecule has 0 radical (unpaired) electrons. The monoisotopic (exact) mass is 180 g/mol. The second-order valence-electron chi connectivity index (χ2n) is 2.12. The van der Waals surface area contributed by atoms with Gasteiger partial charge in [-0.15, -0.1) is 0 Å². The summed E-state index contributed by atoms with van der Waals surface area (Å²) in [6.45, 7) is 0. The maximum absolute atomic E-state index is 11.0. The van der Waals surface area contributed by atoms with E-state index < -0.39 is 0 Å². The lowest BCUT2D eigenvalue weighted by atomic mass is 10.1. The fourth-order valence-corrected chi connectivity index (χ4v) is 0.959. The van der Waals surface area contributed by atoms with E-state index in [4.69, 9.17) is 17.1 Å². The van der Waals surface area contributed by atoms with Crippen LogP contribution in [-0.2, 0) is 0 Å². The van der Waals surface area contributed by atoms with Crippen molar-refractivity contribution in [2.75, 3.05) is 0 Å². The molecule has 0 bridgehead atoms. The minimum atomic E-state index is -0.375. The molecule has 0 atom stereocenters. The van der Waals surface area contributed by atoms with Gasteiger partial charge in [0.05, 0.1) is 0 Å². The molecule has 3 nitrogen and oxygen atoms in total. The molecule has 0 aromatic heterocycles. The lowest BCUT2D eigenvalue weighted by Gasteiger charge is -1.91. The molecule has 0 aliphatic heterocycles. The average molecular weight is 181 g/mol. The topological polar surface area (TPSA) is 53.5 Å². The third kappa shape index (κ3) is 2.02. The first-order valence-corrected chi connectivity index (χ1v) is 3.59. The summed E-state index contributed by atoms with van der Waals surface area (Å²) in [6.07, 6.45) is 0.825. The molecule has 0 amide bonds. The van der Waals surface area contributed by atoms with Gasteiger partial charge in [0.15, 0.2) is 0 Å². The number of rotatable bonds is 2. The number of Topliss-reactive ketones (excluding diaryl/α,β-unsaturated/α-hetero) is 1. The van der Waals surface area contributed by atoms with E-state index >= 15 is 0 Å². The van der Waals surface area contributed by atoms with Gasteiger partial charge in [0.1, 0.15) is 0 Å². The molecule has 0 aliphatic rings. The Morgan fingerprint density at radius 2 is 2.33 bits per heavy atom. The van der Waals surface area contributed by atoms with Crippen molar-refractivity contribution in [1.29, 1.82) is 0 Å². The molecule has 1 rings (SSSR count). The second kappa shape index (κ2) is 3.81. The summed E-state index contributed by atoms with van der Waals surface area (Å²) in [5.41, 5.74) is 8.49. The van der Waals surface area contributed by atoms with Crippen LogP contribution in [0.25, 0.3) is 5.53 Å². The molecule has 0 spiro atoms. The van der Waals surface area contributed by atoms with Crippen LogP contribution in [0, 0.1) is 0 Å². The third-order valence-electron chi connectivity index (χ3n) is 1.28. The van der Waals surface area contributed by atoms with Gasteiger partial charge in [-0.05, 0) is 12.1 Å². The molecular formula is C8H5ClN2O. The van der Waals surface area contributed by atoms with Gasteiger partial charge >= 0.3 is 6.21 Å².